The lowest BCUT2D eigenvalue weighted by atomic mass is 10.2. The van der Waals surface area contributed by atoms with Crippen LogP contribution in [0.3, 0.4) is 0 Å². The van der Waals surface area contributed by atoms with Crippen LogP contribution >= 0.6 is 0 Å². The fourth-order valence-corrected chi connectivity index (χ4v) is 3.88. The van der Waals surface area contributed by atoms with E-state index in [0.29, 0.717) is 30.1 Å². The summed E-state index contributed by atoms with van der Waals surface area (Å²) in [5.41, 5.74) is 3.80. The minimum Gasteiger partial charge on any atom is -0.494 e. The van der Waals surface area contributed by atoms with Gasteiger partial charge in [0.1, 0.15) is 5.75 Å². The highest BCUT2D eigenvalue weighted by atomic mass is 16.5. The van der Waals surface area contributed by atoms with Crippen molar-refractivity contribution in [2.24, 2.45) is 0 Å². The molecule has 0 aliphatic heterocycles. The minimum absolute atomic E-state index is 0.0784. The van der Waals surface area contributed by atoms with Crippen molar-refractivity contribution < 1.29 is 9.53 Å². The first-order valence-electron chi connectivity index (χ1n) is 11.0. The van der Waals surface area contributed by atoms with Gasteiger partial charge in [0.15, 0.2) is 0 Å². The molecule has 0 saturated heterocycles. The Morgan fingerprint density at radius 3 is 2.50 bits per heavy atom. The molecule has 5 aromatic rings. The second kappa shape index (κ2) is 8.82. The van der Waals surface area contributed by atoms with Gasteiger partial charge < -0.3 is 10.1 Å². The molecule has 0 aliphatic rings. The van der Waals surface area contributed by atoms with Crippen molar-refractivity contribution in [1.29, 1.82) is 0 Å². The highest BCUT2D eigenvalue weighted by Gasteiger charge is 2.19. The van der Waals surface area contributed by atoms with E-state index in [1.165, 1.54) is 4.52 Å². The number of anilines is 1. The Bertz CT molecular complexity index is 1550. The summed E-state index contributed by atoms with van der Waals surface area (Å²) in [5, 5.41) is 7.16. The van der Waals surface area contributed by atoms with Crippen LogP contribution in [-0.4, -0.2) is 31.7 Å². The molecule has 2 heterocycles. The molecule has 0 aliphatic carbocycles. The van der Waals surface area contributed by atoms with Gasteiger partial charge in [0.25, 0.3) is 11.5 Å². The summed E-state index contributed by atoms with van der Waals surface area (Å²) >= 11 is 0. The summed E-state index contributed by atoms with van der Waals surface area (Å²) in [4.78, 5) is 30.6. The van der Waals surface area contributed by atoms with E-state index < -0.39 is 5.91 Å². The highest BCUT2D eigenvalue weighted by Crippen LogP contribution is 2.19. The lowest BCUT2D eigenvalue weighted by molar-refractivity contribution is 0.101. The summed E-state index contributed by atoms with van der Waals surface area (Å²) < 4.78 is 8.56. The predicted octanol–water partition coefficient (Wildman–Crippen LogP) is 4.05. The maximum Gasteiger partial charge on any atom is 0.296 e. The molecule has 3 aromatic carbocycles. The molecule has 8 nitrogen and oxygen atoms in total. The Kier molecular flexibility index (Phi) is 5.55. The molecule has 2 aromatic heterocycles. The highest BCUT2D eigenvalue weighted by molar-refractivity contribution is 6.02. The summed E-state index contributed by atoms with van der Waals surface area (Å²) in [6.45, 7) is 4.82. The molecule has 0 unspecified atom stereocenters. The largest absolute Gasteiger partial charge is 0.494 e. The van der Waals surface area contributed by atoms with Crippen molar-refractivity contribution in [1.82, 2.24) is 19.2 Å². The molecule has 0 spiro atoms. The normalized spacial score (nSPS) is 11.1. The van der Waals surface area contributed by atoms with Crippen LogP contribution in [0.15, 0.2) is 77.6 Å². The zero-order valence-corrected chi connectivity index (χ0v) is 18.9. The van der Waals surface area contributed by atoms with Gasteiger partial charge in [0, 0.05) is 5.69 Å². The van der Waals surface area contributed by atoms with E-state index in [-0.39, 0.29) is 17.0 Å². The molecule has 0 saturated carbocycles. The summed E-state index contributed by atoms with van der Waals surface area (Å²) in [7, 11) is 0. The summed E-state index contributed by atoms with van der Waals surface area (Å²) in [5.74, 6) is 0.138. The average Bonchev–Trinajstić information content (AvgIpc) is 3.30. The molecule has 5 rings (SSSR count). The van der Waals surface area contributed by atoms with Gasteiger partial charge in [-0.15, -0.1) is 5.10 Å². The Labute approximate surface area is 195 Å². The first-order chi connectivity index (χ1) is 16.5. The molecule has 170 valence electrons. The summed E-state index contributed by atoms with van der Waals surface area (Å²) in [6, 6.07) is 22.6. The predicted molar refractivity (Wildman–Crippen MR) is 131 cm³/mol. The number of hydrogen-bond donors (Lipinski definition) is 1. The molecule has 0 atom stereocenters. The second-order valence-electron chi connectivity index (χ2n) is 7.95. The number of nitrogens with zero attached hydrogens (tertiary/aromatic N) is 4. The van der Waals surface area contributed by atoms with Crippen molar-refractivity contribution in [2.75, 3.05) is 11.9 Å². The fourth-order valence-electron chi connectivity index (χ4n) is 3.88. The Morgan fingerprint density at radius 1 is 1.00 bits per heavy atom. The maximum atomic E-state index is 13.4. The van der Waals surface area contributed by atoms with Crippen molar-refractivity contribution in [3.63, 3.8) is 0 Å². The molecular formula is C26H23N5O3. The van der Waals surface area contributed by atoms with Gasteiger partial charge in [-0.3, -0.25) is 14.2 Å². The van der Waals surface area contributed by atoms with Crippen LogP contribution in [0, 0.1) is 6.92 Å². The lowest BCUT2D eigenvalue weighted by Gasteiger charge is -2.12. The Morgan fingerprint density at radius 2 is 1.76 bits per heavy atom. The number of nitrogens with one attached hydrogen (secondary N) is 1. The topological polar surface area (TPSA) is 90.5 Å². The van der Waals surface area contributed by atoms with Crippen LogP contribution in [0.2, 0.25) is 0 Å². The van der Waals surface area contributed by atoms with Crippen LogP contribution in [0.25, 0.3) is 16.7 Å². The van der Waals surface area contributed by atoms with E-state index >= 15 is 0 Å². The molecular weight excluding hydrogens is 430 g/mol. The van der Waals surface area contributed by atoms with Crippen LogP contribution in [-0.2, 0) is 6.54 Å². The molecule has 0 bridgehead atoms. The number of aromatic nitrogens is 4. The number of benzene rings is 3. The number of amides is 1. The quantitative estimate of drug-likeness (QED) is 0.419. The van der Waals surface area contributed by atoms with Gasteiger partial charge in [-0.2, -0.15) is 4.98 Å². The van der Waals surface area contributed by atoms with Crippen molar-refractivity contribution in [2.45, 2.75) is 20.4 Å². The third-order valence-corrected chi connectivity index (χ3v) is 5.50. The van der Waals surface area contributed by atoms with Crippen LogP contribution < -0.4 is 15.6 Å². The third-order valence-electron chi connectivity index (χ3n) is 5.50. The van der Waals surface area contributed by atoms with Crippen molar-refractivity contribution >= 4 is 28.3 Å². The van der Waals surface area contributed by atoms with E-state index in [4.69, 9.17) is 4.74 Å². The number of ether oxygens (including phenoxy) is 1. The van der Waals surface area contributed by atoms with Gasteiger partial charge in [0.2, 0.25) is 11.5 Å². The standard InChI is InChI=1S/C26H23N5O3/c1-3-34-20-12-10-19(11-13-20)27-25(32)23-28-24-26(33)30(16-18-7-5-4-6-8-18)22-15-17(2)9-14-21(22)31(24)29-23/h4-15H,3,16H2,1-2H3,(H,27,32). The van der Waals surface area contributed by atoms with E-state index in [2.05, 4.69) is 15.4 Å². The van der Waals surface area contributed by atoms with E-state index in [0.717, 1.165) is 16.6 Å². The minimum atomic E-state index is -0.498. The van der Waals surface area contributed by atoms with Crippen LogP contribution in [0.1, 0.15) is 28.7 Å². The number of fused-ring (bicyclic) bond motifs is 3. The molecule has 0 radical (unpaired) electrons. The third kappa shape index (κ3) is 4.01. The first-order valence-corrected chi connectivity index (χ1v) is 11.0. The molecule has 1 amide bonds. The zero-order chi connectivity index (χ0) is 23.7. The van der Waals surface area contributed by atoms with E-state index in [1.807, 2.05) is 62.4 Å². The zero-order valence-electron chi connectivity index (χ0n) is 18.9. The second-order valence-corrected chi connectivity index (χ2v) is 7.95. The number of carbonyl (C=O) groups excluding carboxylic acids is 1. The number of aryl methyl sites for hydroxylation is 1. The first kappa shape index (κ1) is 21.4. The average molecular weight is 454 g/mol. The van der Waals surface area contributed by atoms with E-state index in [9.17, 15) is 9.59 Å². The number of carbonyl (C=O) groups is 1. The fraction of sp³-hybridized carbons (Fsp3) is 0.154. The van der Waals surface area contributed by atoms with Crippen molar-refractivity contribution in [3.8, 4) is 5.75 Å². The SMILES string of the molecule is CCOc1ccc(NC(=O)c2nc3c(=O)n(Cc4ccccc4)c4cc(C)ccc4n3n2)cc1. The maximum absolute atomic E-state index is 13.4. The van der Waals surface area contributed by atoms with Gasteiger partial charge >= 0.3 is 0 Å². The molecule has 34 heavy (non-hydrogen) atoms. The van der Waals surface area contributed by atoms with Crippen LogP contribution in [0.5, 0.6) is 5.75 Å². The van der Waals surface area contributed by atoms with Crippen LogP contribution in [0.4, 0.5) is 5.69 Å². The Hall–Kier alpha value is -4.46. The molecule has 1 N–H and O–H groups in total. The van der Waals surface area contributed by atoms with Crippen molar-refractivity contribution in [3.05, 3.63) is 100 Å². The smallest absolute Gasteiger partial charge is 0.296 e. The van der Waals surface area contributed by atoms with Gasteiger partial charge in [-0.1, -0.05) is 36.4 Å². The van der Waals surface area contributed by atoms with Gasteiger partial charge in [0.05, 0.1) is 24.2 Å². The lowest BCUT2D eigenvalue weighted by Crippen LogP contribution is -2.24. The van der Waals surface area contributed by atoms with Gasteiger partial charge in [-0.25, -0.2) is 4.52 Å². The number of hydrogen-bond acceptors (Lipinski definition) is 5. The Balaban J connectivity index is 1.57. The molecule has 0 fully saturated rings. The summed E-state index contributed by atoms with van der Waals surface area (Å²) in [6.07, 6.45) is 0. The van der Waals surface area contributed by atoms with Gasteiger partial charge in [-0.05, 0) is 61.4 Å². The monoisotopic (exact) mass is 453 g/mol. The van der Waals surface area contributed by atoms with E-state index in [1.54, 1.807) is 28.8 Å². The number of rotatable bonds is 6. The molecule has 8 heteroatoms.